The number of rotatable bonds is 4. The molecule has 0 spiro atoms. The van der Waals surface area contributed by atoms with E-state index in [4.69, 9.17) is 0 Å². The summed E-state index contributed by atoms with van der Waals surface area (Å²) in [6, 6.07) is 0. The van der Waals surface area contributed by atoms with Crippen LogP contribution in [0, 0.1) is 5.92 Å². The van der Waals surface area contributed by atoms with Gasteiger partial charge in [-0.2, -0.15) is 0 Å². The van der Waals surface area contributed by atoms with Crippen LogP contribution in [0.15, 0.2) is 62.3 Å². The number of hydrogen-bond donors (Lipinski definition) is 0. The molecule has 0 fully saturated rings. The van der Waals surface area contributed by atoms with Gasteiger partial charge in [-0.3, -0.25) is 0 Å². The first-order valence-electron chi connectivity index (χ1n) is 4.38. The van der Waals surface area contributed by atoms with E-state index in [1.54, 1.807) is 12.2 Å². The van der Waals surface area contributed by atoms with Crippen LogP contribution in [0.25, 0.3) is 0 Å². The zero-order chi connectivity index (χ0) is 10.5. The molecule has 0 nitrogen and oxygen atoms in total. The molecule has 0 aromatic rings. The van der Waals surface area contributed by atoms with Gasteiger partial charge in [0.1, 0.15) is 0 Å². The fraction of sp³-hybridized carbons (Fsp3) is 0.231. The van der Waals surface area contributed by atoms with Crippen LogP contribution in [-0.4, -0.2) is 0 Å². The second-order valence-corrected chi connectivity index (χ2v) is 2.72. The van der Waals surface area contributed by atoms with Gasteiger partial charge in [0.15, 0.2) is 0 Å². The highest BCUT2D eigenvalue weighted by Gasteiger charge is 1.73. The lowest BCUT2D eigenvalue weighted by Crippen LogP contribution is -1.71. The summed E-state index contributed by atoms with van der Waals surface area (Å²) in [6.07, 6.45) is 12.9. The average molecular weight is 176 g/mol. The Morgan fingerprint density at radius 3 is 1.23 bits per heavy atom. The SMILES string of the molecule is C=C/C=C\C=C\C=C.C=CC(C)C. The lowest BCUT2D eigenvalue weighted by Gasteiger charge is -1.84. The van der Waals surface area contributed by atoms with Gasteiger partial charge in [-0.1, -0.05) is 69.5 Å². The van der Waals surface area contributed by atoms with E-state index in [1.165, 1.54) is 0 Å². The highest BCUT2D eigenvalue weighted by atomic mass is 13.8. The summed E-state index contributed by atoms with van der Waals surface area (Å²) in [4.78, 5) is 0. The fourth-order valence-electron chi connectivity index (χ4n) is 0.285. The largest absolute Gasteiger partial charge is 0.103 e. The second kappa shape index (κ2) is 13.3. The van der Waals surface area contributed by atoms with Crippen molar-refractivity contribution in [1.82, 2.24) is 0 Å². The molecule has 0 saturated heterocycles. The lowest BCUT2D eigenvalue weighted by atomic mass is 10.2. The fourth-order valence-corrected chi connectivity index (χ4v) is 0.285. The Labute approximate surface area is 82.7 Å². The van der Waals surface area contributed by atoms with Gasteiger partial charge in [-0.25, -0.2) is 0 Å². The van der Waals surface area contributed by atoms with Crippen molar-refractivity contribution in [3.63, 3.8) is 0 Å². The maximum atomic E-state index is 3.56. The quantitative estimate of drug-likeness (QED) is 0.442. The van der Waals surface area contributed by atoms with Crippen molar-refractivity contribution in [2.45, 2.75) is 13.8 Å². The summed E-state index contributed by atoms with van der Waals surface area (Å²) in [5, 5.41) is 0. The summed E-state index contributed by atoms with van der Waals surface area (Å²) in [6.45, 7) is 14.8. The van der Waals surface area contributed by atoms with Gasteiger partial charge in [-0.15, -0.1) is 6.58 Å². The third-order valence-corrected chi connectivity index (χ3v) is 1.08. The first-order chi connectivity index (χ1) is 6.18. The maximum absolute atomic E-state index is 3.56. The first kappa shape index (κ1) is 14.2. The molecule has 0 rings (SSSR count). The molecule has 0 aliphatic rings. The van der Waals surface area contributed by atoms with Crippen molar-refractivity contribution in [2.75, 3.05) is 0 Å². The van der Waals surface area contributed by atoms with E-state index in [0.29, 0.717) is 5.92 Å². The van der Waals surface area contributed by atoms with Crippen molar-refractivity contribution >= 4 is 0 Å². The van der Waals surface area contributed by atoms with Gasteiger partial charge in [-0.05, 0) is 5.92 Å². The molecular formula is C13H20. The Bertz CT molecular complexity index is 164. The molecule has 0 heteroatoms. The molecule has 0 aromatic carbocycles. The van der Waals surface area contributed by atoms with E-state index in [9.17, 15) is 0 Å². The van der Waals surface area contributed by atoms with E-state index in [2.05, 4.69) is 33.6 Å². The maximum Gasteiger partial charge on any atom is -0.0293 e. The zero-order valence-electron chi connectivity index (χ0n) is 8.74. The standard InChI is InChI=1S/C8H10.C5H10/c1-3-5-7-8-6-4-2;1-4-5(2)3/h3-8H,1-2H2;4-5H,1H2,2-3H3/b7-5-,8-6+;. The van der Waals surface area contributed by atoms with E-state index in [0.717, 1.165) is 0 Å². The Morgan fingerprint density at radius 2 is 1.08 bits per heavy atom. The Morgan fingerprint density at radius 1 is 0.769 bits per heavy atom. The highest BCUT2D eigenvalue weighted by molar-refractivity contribution is 5.12. The molecule has 0 heterocycles. The van der Waals surface area contributed by atoms with E-state index >= 15 is 0 Å². The summed E-state index contributed by atoms with van der Waals surface area (Å²) >= 11 is 0. The van der Waals surface area contributed by atoms with E-state index in [-0.39, 0.29) is 0 Å². The first-order valence-corrected chi connectivity index (χ1v) is 4.38. The van der Waals surface area contributed by atoms with Crippen LogP contribution in [0.5, 0.6) is 0 Å². The third kappa shape index (κ3) is 24.9. The van der Waals surface area contributed by atoms with E-state index in [1.807, 2.05) is 30.4 Å². The summed E-state index contributed by atoms with van der Waals surface area (Å²) in [5.41, 5.74) is 0. The molecule has 72 valence electrons. The molecule has 0 aliphatic heterocycles. The van der Waals surface area contributed by atoms with Crippen molar-refractivity contribution in [3.05, 3.63) is 62.3 Å². The zero-order valence-corrected chi connectivity index (χ0v) is 8.74. The molecule has 0 atom stereocenters. The van der Waals surface area contributed by atoms with Gasteiger partial charge in [0, 0.05) is 0 Å². The highest BCUT2D eigenvalue weighted by Crippen LogP contribution is 1.87. The molecule has 0 aromatic heterocycles. The van der Waals surface area contributed by atoms with Crippen molar-refractivity contribution in [1.29, 1.82) is 0 Å². The average Bonchev–Trinajstić information content (AvgIpc) is 2.14. The van der Waals surface area contributed by atoms with Gasteiger partial charge >= 0.3 is 0 Å². The molecule has 0 radical (unpaired) electrons. The molecule has 0 aliphatic carbocycles. The van der Waals surface area contributed by atoms with Crippen LogP contribution >= 0.6 is 0 Å². The topological polar surface area (TPSA) is 0 Å². The molecule has 0 amide bonds. The van der Waals surface area contributed by atoms with Crippen molar-refractivity contribution in [2.24, 2.45) is 5.92 Å². The molecule has 0 saturated carbocycles. The smallest absolute Gasteiger partial charge is 0.0293 e. The van der Waals surface area contributed by atoms with Crippen LogP contribution < -0.4 is 0 Å². The van der Waals surface area contributed by atoms with Gasteiger partial charge < -0.3 is 0 Å². The molecular weight excluding hydrogens is 156 g/mol. The molecule has 0 unspecified atom stereocenters. The van der Waals surface area contributed by atoms with Gasteiger partial charge in [0.05, 0.1) is 0 Å². The summed E-state index contributed by atoms with van der Waals surface area (Å²) in [5.74, 6) is 0.648. The Balaban J connectivity index is 0. The lowest BCUT2D eigenvalue weighted by molar-refractivity contribution is 0.835. The Kier molecular flexibility index (Phi) is 14.6. The second-order valence-electron chi connectivity index (χ2n) is 2.72. The normalized spacial score (nSPS) is 9.77. The van der Waals surface area contributed by atoms with Crippen molar-refractivity contribution in [3.8, 4) is 0 Å². The van der Waals surface area contributed by atoms with Crippen LogP contribution in [0.3, 0.4) is 0 Å². The third-order valence-electron chi connectivity index (χ3n) is 1.08. The van der Waals surface area contributed by atoms with Crippen LogP contribution in [-0.2, 0) is 0 Å². The van der Waals surface area contributed by atoms with Crippen molar-refractivity contribution < 1.29 is 0 Å². The number of hydrogen-bond acceptors (Lipinski definition) is 0. The molecule has 13 heavy (non-hydrogen) atoms. The van der Waals surface area contributed by atoms with Crippen LogP contribution in [0.1, 0.15) is 13.8 Å². The van der Waals surface area contributed by atoms with Crippen LogP contribution in [0.4, 0.5) is 0 Å². The minimum Gasteiger partial charge on any atom is -0.103 e. The predicted octanol–water partition coefficient (Wildman–Crippen LogP) is 4.30. The minimum absolute atomic E-state index is 0.648. The van der Waals surface area contributed by atoms with Gasteiger partial charge in [0.2, 0.25) is 0 Å². The molecule has 0 N–H and O–H groups in total. The number of allylic oxidation sites excluding steroid dienone is 7. The Hall–Kier alpha value is -1.30. The molecule has 0 bridgehead atoms. The minimum atomic E-state index is 0.648. The van der Waals surface area contributed by atoms with Crippen LogP contribution in [0.2, 0.25) is 0 Å². The summed E-state index contributed by atoms with van der Waals surface area (Å²) in [7, 11) is 0. The monoisotopic (exact) mass is 176 g/mol. The summed E-state index contributed by atoms with van der Waals surface area (Å²) < 4.78 is 0. The predicted molar refractivity (Wildman–Crippen MR) is 63.7 cm³/mol. The van der Waals surface area contributed by atoms with E-state index < -0.39 is 0 Å². The van der Waals surface area contributed by atoms with Gasteiger partial charge in [0.25, 0.3) is 0 Å².